The van der Waals surface area contributed by atoms with Gasteiger partial charge in [-0.25, -0.2) is 4.98 Å². The summed E-state index contributed by atoms with van der Waals surface area (Å²) < 4.78 is 5.82. The van der Waals surface area contributed by atoms with Gasteiger partial charge in [-0.2, -0.15) is 0 Å². The zero-order valence-electron chi connectivity index (χ0n) is 18.2. The Morgan fingerprint density at radius 3 is 2.52 bits per heavy atom. The van der Waals surface area contributed by atoms with Gasteiger partial charge in [-0.15, -0.1) is 11.3 Å². The first-order valence-electron chi connectivity index (χ1n) is 10.2. The SMILES string of the molecule is Cc1ccc(NC(=O)C(C)N2C(=O)C(C)Oc3ccc(-c4nc(C)sc4C)cc32)cc1. The van der Waals surface area contributed by atoms with Gasteiger partial charge in [-0.1, -0.05) is 17.7 Å². The number of hydrogen-bond acceptors (Lipinski definition) is 5. The molecule has 0 fully saturated rings. The number of ether oxygens (including phenoxy) is 1. The van der Waals surface area contributed by atoms with Crippen LogP contribution in [0.25, 0.3) is 11.3 Å². The molecule has 0 aliphatic carbocycles. The van der Waals surface area contributed by atoms with E-state index in [1.54, 1.807) is 25.2 Å². The predicted octanol–water partition coefficient (Wildman–Crippen LogP) is 4.88. The van der Waals surface area contributed by atoms with E-state index in [9.17, 15) is 9.59 Å². The van der Waals surface area contributed by atoms with Crippen molar-refractivity contribution in [3.05, 3.63) is 57.9 Å². The summed E-state index contributed by atoms with van der Waals surface area (Å²) in [5, 5.41) is 3.89. The van der Waals surface area contributed by atoms with Crippen LogP contribution in [0.1, 0.15) is 29.3 Å². The first kappa shape index (κ1) is 21.1. The molecule has 160 valence electrons. The van der Waals surface area contributed by atoms with Crippen LogP contribution in [0.3, 0.4) is 0 Å². The first-order valence-corrected chi connectivity index (χ1v) is 11.0. The summed E-state index contributed by atoms with van der Waals surface area (Å²) in [7, 11) is 0. The Bertz CT molecular complexity index is 1150. The monoisotopic (exact) mass is 435 g/mol. The van der Waals surface area contributed by atoms with E-state index in [1.165, 1.54) is 4.90 Å². The van der Waals surface area contributed by atoms with Gasteiger partial charge in [0.2, 0.25) is 5.91 Å². The second-order valence-electron chi connectivity index (χ2n) is 7.82. The molecule has 4 rings (SSSR count). The molecule has 2 aromatic carbocycles. The Hall–Kier alpha value is -3.19. The quantitative estimate of drug-likeness (QED) is 0.634. The van der Waals surface area contributed by atoms with Gasteiger partial charge >= 0.3 is 0 Å². The van der Waals surface area contributed by atoms with Gasteiger partial charge in [0.15, 0.2) is 6.10 Å². The second kappa shape index (κ2) is 8.15. The Morgan fingerprint density at radius 2 is 1.87 bits per heavy atom. The summed E-state index contributed by atoms with van der Waals surface area (Å²) in [6.07, 6.45) is -0.670. The molecule has 3 aromatic rings. The third-order valence-electron chi connectivity index (χ3n) is 5.37. The minimum absolute atomic E-state index is 0.248. The summed E-state index contributed by atoms with van der Waals surface area (Å²) in [6.45, 7) is 9.41. The van der Waals surface area contributed by atoms with E-state index in [1.807, 2.05) is 63.2 Å². The maximum absolute atomic E-state index is 13.1. The fraction of sp³-hybridized carbons (Fsp3) is 0.292. The van der Waals surface area contributed by atoms with Gasteiger partial charge in [0.25, 0.3) is 5.91 Å². The molecule has 2 unspecified atom stereocenters. The van der Waals surface area contributed by atoms with Crippen molar-refractivity contribution in [3.8, 4) is 17.0 Å². The lowest BCUT2D eigenvalue weighted by Gasteiger charge is -2.36. The van der Waals surface area contributed by atoms with Crippen LogP contribution in [0.2, 0.25) is 0 Å². The van der Waals surface area contributed by atoms with E-state index in [0.29, 0.717) is 17.1 Å². The number of aryl methyl sites for hydroxylation is 3. The average molecular weight is 436 g/mol. The van der Waals surface area contributed by atoms with E-state index in [2.05, 4.69) is 10.3 Å². The molecule has 0 saturated carbocycles. The number of carbonyl (C=O) groups is 2. The Labute approximate surface area is 185 Å². The molecule has 7 heteroatoms. The fourth-order valence-corrected chi connectivity index (χ4v) is 4.55. The second-order valence-corrected chi connectivity index (χ2v) is 9.23. The van der Waals surface area contributed by atoms with Gasteiger partial charge in [0.1, 0.15) is 11.8 Å². The van der Waals surface area contributed by atoms with Crippen LogP contribution in [0.15, 0.2) is 42.5 Å². The molecule has 1 aromatic heterocycles. The first-order chi connectivity index (χ1) is 14.7. The van der Waals surface area contributed by atoms with Crippen LogP contribution >= 0.6 is 11.3 Å². The van der Waals surface area contributed by atoms with Crippen molar-refractivity contribution in [2.45, 2.75) is 46.8 Å². The van der Waals surface area contributed by atoms with Crippen LogP contribution in [-0.4, -0.2) is 28.9 Å². The lowest BCUT2D eigenvalue weighted by atomic mass is 10.1. The summed E-state index contributed by atoms with van der Waals surface area (Å²) in [6, 6.07) is 12.5. The summed E-state index contributed by atoms with van der Waals surface area (Å²) in [5.74, 6) is 0.0705. The van der Waals surface area contributed by atoms with Crippen molar-refractivity contribution < 1.29 is 14.3 Å². The number of hydrogen-bond donors (Lipinski definition) is 1. The lowest BCUT2D eigenvalue weighted by molar-refractivity contribution is -0.128. The number of anilines is 2. The van der Waals surface area contributed by atoms with Gasteiger partial charge < -0.3 is 10.1 Å². The zero-order chi connectivity index (χ0) is 22.3. The fourth-order valence-electron chi connectivity index (χ4n) is 3.71. The maximum Gasteiger partial charge on any atom is 0.268 e. The van der Waals surface area contributed by atoms with Gasteiger partial charge in [-0.3, -0.25) is 14.5 Å². The third-order valence-corrected chi connectivity index (χ3v) is 6.26. The van der Waals surface area contributed by atoms with E-state index < -0.39 is 12.1 Å². The van der Waals surface area contributed by atoms with Crippen LogP contribution < -0.4 is 15.0 Å². The summed E-state index contributed by atoms with van der Waals surface area (Å²) in [4.78, 5) is 33.3. The maximum atomic E-state index is 13.1. The highest BCUT2D eigenvalue weighted by molar-refractivity contribution is 7.11. The molecule has 0 saturated heterocycles. The number of nitrogens with one attached hydrogen (secondary N) is 1. The third kappa shape index (κ3) is 4.05. The van der Waals surface area contributed by atoms with Crippen LogP contribution in [0.4, 0.5) is 11.4 Å². The Morgan fingerprint density at radius 1 is 1.16 bits per heavy atom. The molecular formula is C24H25N3O3S. The van der Waals surface area contributed by atoms with Crippen molar-refractivity contribution in [2.75, 3.05) is 10.2 Å². The van der Waals surface area contributed by atoms with Crippen LogP contribution in [0.5, 0.6) is 5.75 Å². The minimum Gasteiger partial charge on any atom is -0.479 e. The zero-order valence-corrected chi connectivity index (χ0v) is 19.0. The normalized spacial score (nSPS) is 16.5. The van der Waals surface area contributed by atoms with Crippen molar-refractivity contribution in [3.63, 3.8) is 0 Å². The topological polar surface area (TPSA) is 71.5 Å². The van der Waals surface area contributed by atoms with Gasteiger partial charge in [-0.05, 0) is 65.0 Å². The highest BCUT2D eigenvalue weighted by Gasteiger charge is 2.37. The number of rotatable bonds is 4. The number of carbonyl (C=O) groups excluding carboxylic acids is 2. The van der Waals surface area contributed by atoms with E-state index in [-0.39, 0.29) is 11.8 Å². The molecule has 1 aliphatic rings. The van der Waals surface area contributed by atoms with E-state index >= 15 is 0 Å². The molecule has 0 radical (unpaired) electrons. The highest BCUT2D eigenvalue weighted by Crippen LogP contribution is 2.39. The summed E-state index contributed by atoms with van der Waals surface area (Å²) in [5.41, 5.74) is 4.16. The summed E-state index contributed by atoms with van der Waals surface area (Å²) >= 11 is 1.63. The van der Waals surface area contributed by atoms with Crippen molar-refractivity contribution >= 4 is 34.5 Å². The molecule has 0 spiro atoms. The smallest absolute Gasteiger partial charge is 0.268 e. The van der Waals surface area contributed by atoms with Crippen LogP contribution in [-0.2, 0) is 9.59 Å². The van der Waals surface area contributed by atoms with Crippen molar-refractivity contribution in [1.82, 2.24) is 4.98 Å². The predicted molar refractivity (Wildman–Crippen MR) is 124 cm³/mol. The minimum atomic E-state index is -0.715. The Kier molecular flexibility index (Phi) is 5.54. The van der Waals surface area contributed by atoms with E-state index in [0.717, 1.165) is 26.7 Å². The largest absolute Gasteiger partial charge is 0.479 e. The molecular weight excluding hydrogens is 410 g/mol. The van der Waals surface area contributed by atoms with Crippen LogP contribution in [0, 0.1) is 20.8 Å². The number of aromatic nitrogens is 1. The van der Waals surface area contributed by atoms with E-state index in [4.69, 9.17) is 4.74 Å². The van der Waals surface area contributed by atoms with Crippen molar-refractivity contribution in [1.29, 1.82) is 0 Å². The number of nitrogens with zero attached hydrogens (tertiary/aromatic N) is 2. The lowest BCUT2D eigenvalue weighted by Crippen LogP contribution is -2.52. The highest BCUT2D eigenvalue weighted by atomic mass is 32.1. The average Bonchev–Trinajstić information content (AvgIpc) is 3.08. The molecule has 2 heterocycles. The molecule has 31 heavy (non-hydrogen) atoms. The molecule has 6 nitrogen and oxygen atoms in total. The standard InChI is InChI=1S/C24H25N3O3S/c1-13-6-9-19(10-7-13)26-23(28)14(2)27-20-12-18(22-16(4)31-17(5)25-22)8-11-21(20)30-15(3)24(27)29/h6-12,14-15H,1-5H3,(H,26,28). The van der Waals surface area contributed by atoms with Gasteiger partial charge in [0, 0.05) is 16.1 Å². The number of benzene rings is 2. The Balaban J connectivity index is 1.69. The number of amides is 2. The number of thiazole rings is 1. The molecule has 2 atom stereocenters. The number of fused-ring (bicyclic) bond motifs is 1. The molecule has 2 amide bonds. The molecule has 1 N–H and O–H groups in total. The molecule has 0 bridgehead atoms. The van der Waals surface area contributed by atoms with Crippen molar-refractivity contribution in [2.24, 2.45) is 0 Å². The van der Waals surface area contributed by atoms with Gasteiger partial charge in [0.05, 0.1) is 16.4 Å². The molecule has 1 aliphatic heterocycles.